The van der Waals surface area contributed by atoms with E-state index in [-0.39, 0.29) is 5.41 Å². The Hall–Kier alpha value is -1.26. The van der Waals surface area contributed by atoms with E-state index in [1.54, 1.807) is 6.92 Å². The quantitative estimate of drug-likeness (QED) is 0.690. The van der Waals surface area contributed by atoms with Crippen LogP contribution in [0.5, 0.6) is 0 Å². The Balaban J connectivity index is 4.07. The number of urea groups is 1. The highest BCUT2D eigenvalue weighted by atomic mass is 16.4. The van der Waals surface area contributed by atoms with E-state index in [0.29, 0.717) is 18.9 Å². The lowest BCUT2D eigenvalue weighted by molar-refractivity contribution is -0.139. The molecule has 0 fully saturated rings. The lowest BCUT2D eigenvalue weighted by atomic mass is 9.82. The van der Waals surface area contributed by atoms with Crippen LogP contribution in [0.4, 0.5) is 4.79 Å². The van der Waals surface area contributed by atoms with Crippen LogP contribution in [0.25, 0.3) is 0 Å². The van der Waals surface area contributed by atoms with Gasteiger partial charge in [-0.05, 0) is 17.8 Å². The van der Waals surface area contributed by atoms with E-state index in [0.717, 1.165) is 0 Å². The Labute approximate surface area is 103 Å². The predicted molar refractivity (Wildman–Crippen MR) is 66.9 cm³/mol. The molecule has 0 spiro atoms. The highest BCUT2D eigenvalue weighted by molar-refractivity contribution is 5.82. The van der Waals surface area contributed by atoms with E-state index in [1.807, 2.05) is 0 Å². The molecule has 17 heavy (non-hydrogen) atoms. The minimum Gasteiger partial charge on any atom is -0.480 e. The molecule has 0 aliphatic carbocycles. The fourth-order valence-electron chi connectivity index (χ4n) is 1.10. The van der Waals surface area contributed by atoms with Gasteiger partial charge in [-0.15, -0.1) is 0 Å². The van der Waals surface area contributed by atoms with E-state index in [1.165, 1.54) is 0 Å². The van der Waals surface area contributed by atoms with E-state index in [2.05, 4.69) is 38.3 Å². The molecule has 0 aromatic rings. The number of nitrogens with one attached hydrogen (secondary N) is 2. The molecule has 0 bridgehead atoms. The summed E-state index contributed by atoms with van der Waals surface area (Å²) in [6.45, 7) is 10.6. The molecule has 0 rings (SSSR count). The van der Waals surface area contributed by atoms with Gasteiger partial charge in [0, 0.05) is 6.54 Å². The molecule has 2 atom stereocenters. The van der Waals surface area contributed by atoms with Crippen molar-refractivity contribution in [1.29, 1.82) is 0 Å². The maximum absolute atomic E-state index is 11.5. The van der Waals surface area contributed by atoms with Crippen molar-refractivity contribution in [3.8, 4) is 0 Å². The van der Waals surface area contributed by atoms with Crippen LogP contribution in [0, 0.1) is 11.3 Å². The third-order valence-corrected chi connectivity index (χ3v) is 3.06. The summed E-state index contributed by atoms with van der Waals surface area (Å²) in [4.78, 5) is 22.2. The second-order valence-electron chi connectivity index (χ2n) is 5.42. The van der Waals surface area contributed by atoms with Gasteiger partial charge in [-0.2, -0.15) is 0 Å². The molecule has 0 heterocycles. The molecule has 2 amide bonds. The summed E-state index contributed by atoms with van der Waals surface area (Å²) >= 11 is 0. The molecule has 5 heteroatoms. The predicted octanol–water partition coefficient (Wildman–Crippen LogP) is 1.83. The SMILES string of the molecule is CC[C@H](NC(=O)NCC(C)C(C)(C)C)C(=O)O. The van der Waals surface area contributed by atoms with Crippen molar-refractivity contribution in [2.24, 2.45) is 11.3 Å². The third-order valence-electron chi connectivity index (χ3n) is 3.06. The fourth-order valence-corrected chi connectivity index (χ4v) is 1.10. The number of hydrogen-bond donors (Lipinski definition) is 3. The largest absolute Gasteiger partial charge is 0.480 e. The summed E-state index contributed by atoms with van der Waals surface area (Å²) in [6, 6.07) is -1.24. The molecule has 0 aromatic carbocycles. The van der Waals surface area contributed by atoms with Gasteiger partial charge in [-0.3, -0.25) is 0 Å². The van der Waals surface area contributed by atoms with Crippen LogP contribution < -0.4 is 10.6 Å². The summed E-state index contributed by atoms with van der Waals surface area (Å²) in [5, 5.41) is 13.9. The fraction of sp³-hybridized carbons (Fsp3) is 0.833. The monoisotopic (exact) mass is 244 g/mol. The summed E-state index contributed by atoms with van der Waals surface area (Å²) < 4.78 is 0. The molecule has 5 nitrogen and oxygen atoms in total. The minimum absolute atomic E-state index is 0.115. The Morgan fingerprint density at radius 3 is 2.18 bits per heavy atom. The first kappa shape index (κ1) is 15.7. The second kappa shape index (κ2) is 6.47. The van der Waals surface area contributed by atoms with Crippen molar-refractivity contribution in [3.63, 3.8) is 0 Å². The van der Waals surface area contributed by atoms with E-state index in [4.69, 9.17) is 5.11 Å². The number of carboxylic acids is 1. The standard InChI is InChI=1S/C12H24N2O3/c1-6-9(10(15)16)14-11(17)13-7-8(2)12(3,4)5/h8-9H,6-7H2,1-5H3,(H,15,16)(H2,13,14,17)/t8?,9-/m0/s1. The summed E-state index contributed by atoms with van der Waals surface area (Å²) in [5.74, 6) is -0.690. The van der Waals surface area contributed by atoms with Crippen LogP contribution in [0.2, 0.25) is 0 Å². The lowest BCUT2D eigenvalue weighted by Crippen LogP contribution is -2.47. The van der Waals surface area contributed by atoms with Gasteiger partial charge in [0.1, 0.15) is 6.04 Å². The van der Waals surface area contributed by atoms with Crippen molar-refractivity contribution in [1.82, 2.24) is 10.6 Å². The highest BCUT2D eigenvalue weighted by Crippen LogP contribution is 2.24. The molecule has 0 aliphatic rings. The second-order valence-corrected chi connectivity index (χ2v) is 5.42. The Morgan fingerprint density at radius 1 is 1.29 bits per heavy atom. The lowest BCUT2D eigenvalue weighted by Gasteiger charge is -2.27. The number of aliphatic carboxylic acids is 1. The summed E-state index contributed by atoms with van der Waals surface area (Å²) in [5.41, 5.74) is 0.115. The molecule has 0 saturated heterocycles. The molecule has 3 N–H and O–H groups in total. The van der Waals surface area contributed by atoms with Crippen LogP contribution in [0.15, 0.2) is 0 Å². The van der Waals surface area contributed by atoms with Gasteiger partial charge < -0.3 is 15.7 Å². The van der Waals surface area contributed by atoms with Crippen LogP contribution in [-0.4, -0.2) is 29.7 Å². The average Bonchev–Trinajstić information content (AvgIpc) is 2.20. The Kier molecular flexibility index (Phi) is 5.99. The molecule has 100 valence electrons. The molecule has 0 saturated carbocycles. The van der Waals surface area contributed by atoms with Gasteiger partial charge in [0.05, 0.1) is 0 Å². The molecule has 0 aromatic heterocycles. The van der Waals surface area contributed by atoms with E-state index in [9.17, 15) is 9.59 Å². The first-order valence-electron chi connectivity index (χ1n) is 5.95. The van der Waals surface area contributed by atoms with Gasteiger partial charge >= 0.3 is 12.0 Å². The summed E-state index contributed by atoms with van der Waals surface area (Å²) in [6.07, 6.45) is 0.373. The third kappa shape index (κ3) is 6.14. The number of rotatable bonds is 5. The number of carbonyl (C=O) groups excluding carboxylic acids is 1. The zero-order chi connectivity index (χ0) is 13.6. The van der Waals surface area contributed by atoms with Gasteiger partial charge in [0.25, 0.3) is 0 Å². The van der Waals surface area contributed by atoms with Gasteiger partial charge in [0.2, 0.25) is 0 Å². The average molecular weight is 244 g/mol. The number of amides is 2. The molecular weight excluding hydrogens is 220 g/mol. The van der Waals surface area contributed by atoms with Gasteiger partial charge in [0.15, 0.2) is 0 Å². The summed E-state index contributed by atoms with van der Waals surface area (Å²) in [7, 11) is 0. The highest BCUT2D eigenvalue weighted by Gasteiger charge is 2.21. The Bertz CT molecular complexity index is 271. The van der Waals surface area contributed by atoms with Crippen LogP contribution in [0.1, 0.15) is 41.0 Å². The van der Waals surface area contributed by atoms with Gasteiger partial charge in [-0.25, -0.2) is 9.59 Å². The molecular formula is C12H24N2O3. The topological polar surface area (TPSA) is 78.4 Å². The molecule has 0 radical (unpaired) electrons. The van der Waals surface area contributed by atoms with Crippen molar-refractivity contribution in [2.45, 2.75) is 47.1 Å². The van der Waals surface area contributed by atoms with Crippen molar-refractivity contribution >= 4 is 12.0 Å². The van der Waals surface area contributed by atoms with E-state index < -0.39 is 18.0 Å². The number of carboxylic acid groups (broad SMARTS) is 1. The molecule has 0 aliphatic heterocycles. The number of carbonyl (C=O) groups is 2. The van der Waals surface area contributed by atoms with Crippen LogP contribution >= 0.6 is 0 Å². The van der Waals surface area contributed by atoms with Crippen molar-refractivity contribution in [2.75, 3.05) is 6.54 Å². The first-order chi connectivity index (χ1) is 7.68. The Morgan fingerprint density at radius 2 is 1.82 bits per heavy atom. The van der Waals surface area contributed by atoms with Gasteiger partial charge in [-0.1, -0.05) is 34.6 Å². The first-order valence-corrected chi connectivity index (χ1v) is 5.95. The normalized spacial score (nSPS) is 14.9. The maximum atomic E-state index is 11.5. The van der Waals surface area contributed by atoms with Crippen molar-refractivity contribution in [3.05, 3.63) is 0 Å². The zero-order valence-electron chi connectivity index (χ0n) is 11.3. The van der Waals surface area contributed by atoms with Crippen LogP contribution in [-0.2, 0) is 4.79 Å². The van der Waals surface area contributed by atoms with Crippen molar-refractivity contribution < 1.29 is 14.7 Å². The smallest absolute Gasteiger partial charge is 0.326 e. The number of hydrogen-bond acceptors (Lipinski definition) is 2. The van der Waals surface area contributed by atoms with Crippen LogP contribution in [0.3, 0.4) is 0 Å². The zero-order valence-corrected chi connectivity index (χ0v) is 11.3. The van der Waals surface area contributed by atoms with E-state index >= 15 is 0 Å². The maximum Gasteiger partial charge on any atom is 0.326 e. The molecule has 1 unspecified atom stereocenters. The minimum atomic E-state index is -1.01.